The van der Waals surface area contributed by atoms with Crippen LogP contribution < -0.4 is 10.2 Å². The lowest BCUT2D eigenvalue weighted by molar-refractivity contribution is -0.136. The van der Waals surface area contributed by atoms with Crippen molar-refractivity contribution in [1.29, 1.82) is 0 Å². The predicted octanol–water partition coefficient (Wildman–Crippen LogP) is 5.96. The summed E-state index contributed by atoms with van der Waals surface area (Å²) >= 11 is 12.1. The minimum Gasteiger partial charge on any atom is -0.489 e. The standard InChI is InChI=1S/C28H22Cl2N2O3/c29-24-15-14-21(26(30)17-24)19-35-25-13-7-8-20(16-25)18-31-32-27(33)28(34,22-9-3-1-4-10-22)23-11-5-2-6-12-23/h1-18,34H,19H2,(H,32,33)/b31-18-. The van der Waals surface area contributed by atoms with Gasteiger partial charge in [-0.3, -0.25) is 4.79 Å². The summed E-state index contributed by atoms with van der Waals surface area (Å²) in [6.45, 7) is 0.272. The molecule has 5 nitrogen and oxygen atoms in total. The second kappa shape index (κ2) is 11.2. The number of carbonyl (C=O) groups excluding carboxylic acids is 1. The summed E-state index contributed by atoms with van der Waals surface area (Å²) in [4.78, 5) is 13.1. The zero-order valence-electron chi connectivity index (χ0n) is 18.6. The normalized spacial score (nSPS) is 11.4. The molecule has 0 heterocycles. The van der Waals surface area contributed by atoms with E-state index < -0.39 is 11.5 Å². The van der Waals surface area contributed by atoms with Crippen molar-refractivity contribution < 1.29 is 14.6 Å². The first-order valence-corrected chi connectivity index (χ1v) is 11.6. The second-order valence-corrected chi connectivity index (χ2v) is 8.58. The molecule has 0 saturated carbocycles. The van der Waals surface area contributed by atoms with Gasteiger partial charge in [-0.05, 0) is 41.0 Å². The van der Waals surface area contributed by atoms with Gasteiger partial charge >= 0.3 is 0 Å². The highest BCUT2D eigenvalue weighted by atomic mass is 35.5. The van der Waals surface area contributed by atoms with E-state index in [0.29, 0.717) is 32.5 Å². The van der Waals surface area contributed by atoms with Crippen molar-refractivity contribution in [2.24, 2.45) is 5.10 Å². The quantitative estimate of drug-likeness (QED) is 0.229. The Bertz CT molecular complexity index is 1290. The molecular formula is C28H22Cl2N2O3. The summed E-state index contributed by atoms with van der Waals surface area (Å²) < 4.78 is 5.83. The van der Waals surface area contributed by atoms with E-state index in [-0.39, 0.29) is 6.61 Å². The number of aliphatic hydroxyl groups is 1. The maximum absolute atomic E-state index is 13.1. The van der Waals surface area contributed by atoms with Crippen molar-refractivity contribution in [1.82, 2.24) is 5.43 Å². The monoisotopic (exact) mass is 504 g/mol. The largest absolute Gasteiger partial charge is 0.489 e. The van der Waals surface area contributed by atoms with Crippen LogP contribution in [0.1, 0.15) is 22.3 Å². The van der Waals surface area contributed by atoms with Crippen LogP contribution in [-0.4, -0.2) is 17.2 Å². The van der Waals surface area contributed by atoms with E-state index in [0.717, 1.165) is 5.56 Å². The van der Waals surface area contributed by atoms with Crippen molar-refractivity contribution in [3.8, 4) is 5.75 Å². The predicted molar refractivity (Wildman–Crippen MR) is 139 cm³/mol. The van der Waals surface area contributed by atoms with Gasteiger partial charge in [0, 0.05) is 15.6 Å². The van der Waals surface area contributed by atoms with E-state index in [1.807, 2.05) is 36.4 Å². The van der Waals surface area contributed by atoms with Crippen LogP contribution in [0.25, 0.3) is 0 Å². The average molecular weight is 505 g/mol. The first-order chi connectivity index (χ1) is 17.0. The molecule has 0 aliphatic heterocycles. The SMILES string of the molecule is O=C(N/N=C\c1cccc(OCc2ccc(Cl)cc2Cl)c1)C(O)(c1ccccc1)c1ccccc1. The second-order valence-electron chi connectivity index (χ2n) is 7.74. The van der Waals surface area contributed by atoms with Gasteiger partial charge in [-0.1, -0.05) is 102 Å². The van der Waals surface area contributed by atoms with Crippen LogP contribution >= 0.6 is 23.2 Å². The molecule has 2 N–H and O–H groups in total. The molecular weight excluding hydrogens is 483 g/mol. The van der Waals surface area contributed by atoms with Crippen LogP contribution in [0.5, 0.6) is 5.75 Å². The third kappa shape index (κ3) is 5.89. The third-order valence-corrected chi connectivity index (χ3v) is 5.95. The van der Waals surface area contributed by atoms with E-state index in [2.05, 4.69) is 10.5 Å². The van der Waals surface area contributed by atoms with Crippen LogP contribution in [0, 0.1) is 0 Å². The number of hydrazone groups is 1. The Balaban J connectivity index is 1.46. The molecule has 0 saturated heterocycles. The molecule has 0 unspecified atom stereocenters. The number of ether oxygens (including phenoxy) is 1. The highest BCUT2D eigenvalue weighted by molar-refractivity contribution is 6.35. The Labute approximate surface area is 213 Å². The Kier molecular flexibility index (Phi) is 7.83. The molecule has 4 rings (SSSR count). The fraction of sp³-hybridized carbons (Fsp3) is 0.0714. The lowest BCUT2D eigenvalue weighted by Gasteiger charge is -2.27. The zero-order valence-corrected chi connectivity index (χ0v) is 20.1. The highest BCUT2D eigenvalue weighted by Crippen LogP contribution is 2.30. The van der Waals surface area contributed by atoms with E-state index in [1.165, 1.54) is 6.21 Å². The number of halogens is 2. The Morgan fingerprint density at radius 3 is 2.17 bits per heavy atom. The number of hydrogen-bond donors (Lipinski definition) is 2. The maximum Gasteiger partial charge on any atom is 0.281 e. The van der Waals surface area contributed by atoms with Crippen molar-refractivity contribution in [2.75, 3.05) is 0 Å². The van der Waals surface area contributed by atoms with Crippen LogP contribution in [0.3, 0.4) is 0 Å². The molecule has 35 heavy (non-hydrogen) atoms. The lowest BCUT2D eigenvalue weighted by atomic mass is 9.85. The molecule has 0 aliphatic carbocycles. The van der Waals surface area contributed by atoms with Gasteiger partial charge in [0.2, 0.25) is 0 Å². The molecule has 1 amide bonds. The number of nitrogens with one attached hydrogen (secondary N) is 1. The molecule has 0 aromatic heterocycles. The summed E-state index contributed by atoms with van der Waals surface area (Å²) in [5.74, 6) is -0.0627. The number of nitrogens with zero attached hydrogens (tertiary/aromatic N) is 1. The minimum atomic E-state index is -1.90. The smallest absolute Gasteiger partial charge is 0.281 e. The van der Waals surface area contributed by atoms with Gasteiger partial charge in [0.25, 0.3) is 5.91 Å². The first kappa shape index (κ1) is 24.5. The lowest BCUT2D eigenvalue weighted by Crippen LogP contribution is -2.43. The molecule has 0 radical (unpaired) electrons. The van der Waals surface area contributed by atoms with Crippen LogP contribution in [0.4, 0.5) is 0 Å². The summed E-state index contributed by atoms with van der Waals surface area (Å²) in [6.07, 6.45) is 1.48. The van der Waals surface area contributed by atoms with E-state index >= 15 is 0 Å². The Morgan fingerprint density at radius 1 is 0.886 bits per heavy atom. The number of hydrogen-bond acceptors (Lipinski definition) is 4. The van der Waals surface area contributed by atoms with Crippen molar-refractivity contribution in [3.05, 3.63) is 135 Å². The summed E-state index contributed by atoms with van der Waals surface area (Å²) in [6, 6.07) is 29.9. The van der Waals surface area contributed by atoms with Gasteiger partial charge in [0.1, 0.15) is 12.4 Å². The zero-order chi connectivity index (χ0) is 24.7. The summed E-state index contributed by atoms with van der Waals surface area (Å²) in [5, 5.41) is 16.6. The average Bonchev–Trinajstić information content (AvgIpc) is 2.89. The molecule has 4 aromatic carbocycles. The van der Waals surface area contributed by atoms with Crippen LogP contribution in [0.15, 0.2) is 108 Å². The number of carbonyl (C=O) groups is 1. The molecule has 0 bridgehead atoms. The van der Waals surface area contributed by atoms with Crippen LogP contribution in [0.2, 0.25) is 10.0 Å². The van der Waals surface area contributed by atoms with Gasteiger partial charge in [0.05, 0.1) is 6.21 Å². The first-order valence-electron chi connectivity index (χ1n) is 10.8. The molecule has 0 fully saturated rings. The van der Waals surface area contributed by atoms with Crippen molar-refractivity contribution >= 4 is 35.3 Å². The number of rotatable bonds is 8. The highest BCUT2D eigenvalue weighted by Gasteiger charge is 2.39. The fourth-order valence-corrected chi connectivity index (χ4v) is 3.98. The molecule has 4 aromatic rings. The number of amides is 1. The fourth-order valence-electron chi connectivity index (χ4n) is 3.52. The van der Waals surface area contributed by atoms with E-state index in [9.17, 15) is 9.90 Å². The molecule has 0 aliphatic rings. The van der Waals surface area contributed by atoms with Gasteiger partial charge in [-0.25, -0.2) is 5.43 Å². The summed E-state index contributed by atoms with van der Waals surface area (Å²) in [7, 11) is 0. The van der Waals surface area contributed by atoms with Gasteiger partial charge in [0.15, 0.2) is 5.60 Å². The Hall–Kier alpha value is -3.64. The van der Waals surface area contributed by atoms with Crippen molar-refractivity contribution in [3.63, 3.8) is 0 Å². The molecule has 0 atom stereocenters. The third-order valence-electron chi connectivity index (χ3n) is 5.36. The maximum atomic E-state index is 13.1. The van der Waals surface area contributed by atoms with Gasteiger partial charge in [-0.2, -0.15) is 5.10 Å². The van der Waals surface area contributed by atoms with E-state index in [4.69, 9.17) is 27.9 Å². The van der Waals surface area contributed by atoms with Crippen molar-refractivity contribution in [2.45, 2.75) is 12.2 Å². The number of benzene rings is 4. The van der Waals surface area contributed by atoms with Crippen LogP contribution in [-0.2, 0) is 17.0 Å². The van der Waals surface area contributed by atoms with E-state index in [1.54, 1.807) is 66.7 Å². The molecule has 7 heteroatoms. The summed E-state index contributed by atoms with van der Waals surface area (Å²) in [5.41, 5.74) is 2.96. The minimum absolute atomic E-state index is 0.272. The molecule has 176 valence electrons. The van der Waals surface area contributed by atoms with Gasteiger partial charge < -0.3 is 9.84 Å². The van der Waals surface area contributed by atoms with Gasteiger partial charge in [-0.15, -0.1) is 0 Å². The Morgan fingerprint density at radius 2 is 1.54 bits per heavy atom. The topological polar surface area (TPSA) is 70.9 Å². The molecule has 0 spiro atoms.